The Hall–Kier alpha value is -0.510. The van der Waals surface area contributed by atoms with E-state index in [0.717, 1.165) is 25.9 Å². The second-order valence-corrected chi connectivity index (χ2v) is 10.4. The van der Waals surface area contributed by atoms with Gasteiger partial charge in [-0.1, -0.05) is 140 Å². The second kappa shape index (κ2) is 23.2. The van der Waals surface area contributed by atoms with Crippen LogP contribution in [0.1, 0.15) is 134 Å². The highest BCUT2D eigenvalue weighted by atomic mass is 32.1. The van der Waals surface area contributed by atoms with E-state index in [2.05, 4.69) is 49.9 Å². The van der Waals surface area contributed by atoms with Gasteiger partial charge >= 0.3 is 0 Å². The average Bonchev–Trinajstić information content (AvgIpc) is 2.82. The number of hydrogen-bond donors (Lipinski definition) is 2. The number of aliphatic hydroxyl groups excluding tert-OH is 1. The Balaban J connectivity index is 1.87. The fourth-order valence-corrected chi connectivity index (χ4v) is 4.76. The molecule has 192 valence electrons. The van der Waals surface area contributed by atoms with Crippen molar-refractivity contribution in [3.63, 3.8) is 0 Å². The fraction of sp³-hybridized carbons (Fsp3) is 0.800. The van der Waals surface area contributed by atoms with Crippen LogP contribution in [0.3, 0.4) is 0 Å². The van der Waals surface area contributed by atoms with Gasteiger partial charge in [0.25, 0.3) is 0 Å². The highest BCUT2D eigenvalue weighted by molar-refractivity contribution is 7.80. The predicted molar refractivity (Wildman–Crippen MR) is 148 cm³/mol. The molecule has 1 aromatic rings. The van der Waals surface area contributed by atoms with Crippen LogP contribution in [0, 0.1) is 0 Å². The van der Waals surface area contributed by atoms with Crippen LogP contribution in [0.25, 0.3) is 0 Å². The van der Waals surface area contributed by atoms with Crippen molar-refractivity contribution in [3.8, 4) is 0 Å². The van der Waals surface area contributed by atoms with E-state index in [4.69, 9.17) is 4.74 Å². The average molecular weight is 479 g/mol. The molecular formula is C30H54O2S. The topological polar surface area (TPSA) is 29.5 Å². The van der Waals surface area contributed by atoms with Gasteiger partial charge in [-0.05, 0) is 31.2 Å². The Kier molecular flexibility index (Phi) is 21.5. The van der Waals surface area contributed by atoms with E-state index in [0.29, 0.717) is 0 Å². The maximum Gasteiger partial charge on any atom is 0.123 e. The molecule has 0 saturated heterocycles. The molecule has 33 heavy (non-hydrogen) atoms. The molecule has 1 rings (SSSR count). The van der Waals surface area contributed by atoms with Gasteiger partial charge in [-0.2, -0.15) is 0 Å². The maximum absolute atomic E-state index is 9.92. The minimum atomic E-state index is -0.655. The Bertz CT molecular complexity index is 505. The van der Waals surface area contributed by atoms with Gasteiger partial charge in [-0.3, -0.25) is 0 Å². The normalized spacial score (nSPS) is 13.3. The van der Waals surface area contributed by atoms with Gasteiger partial charge in [0.1, 0.15) is 5.44 Å². The Labute approximate surface area is 211 Å². The third-order valence-electron chi connectivity index (χ3n) is 6.71. The lowest BCUT2D eigenvalue weighted by Crippen LogP contribution is -2.25. The first-order valence-corrected chi connectivity index (χ1v) is 14.8. The number of ether oxygens (including phenoxy) is 1. The summed E-state index contributed by atoms with van der Waals surface area (Å²) in [5.74, 6) is 0. The summed E-state index contributed by atoms with van der Waals surface area (Å²) < 4.78 is 5.96. The van der Waals surface area contributed by atoms with Crippen molar-refractivity contribution in [1.82, 2.24) is 0 Å². The number of aliphatic hydroxyl groups is 1. The van der Waals surface area contributed by atoms with E-state index in [9.17, 15) is 5.11 Å². The lowest BCUT2D eigenvalue weighted by atomic mass is 10.0. The van der Waals surface area contributed by atoms with E-state index in [1.807, 2.05) is 0 Å². The summed E-state index contributed by atoms with van der Waals surface area (Å²) in [5, 5.41) is 9.92. The van der Waals surface area contributed by atoms with Gasteiger partial charge in [0.15, 0.2) is 0 Å². The zero-order valence-electron chi connectivity index (χ0n) is 21.7. The van der Waals surface area contributed by atoms with Gasteiger partial charge in [-0.15, -0.1) is 12.6 Å². The number of thiol groups is 1. The van der Waals surface area contributed by atoms with Gasteiger partial charge in [-0.25, -0.2) is 0 Å². The lowest BCUT2D eigenvalue weighted by Gasteiger charge is -2.20. The largest absolute Gasteiger partial charge is 0.380 e. The molecule has 0 fully saturated rings. The minimum Gasteiger partial charge on any atom is -0.380 e. The number of hydrogen-bond acceptors (Lipinski definition) is 3. The van der Waals surface area contributed by atoms with Crippen LogP contribution >= 0.6 is 12.6 Å². The Morgan fingerprint density at radius 3 is 1.70 bits per heavy atom. The molecule has 0 aliphatic carbocycles. The molecule has 1 N–H and O–H groups in total. The molecule has 0 amide bonds. The molecule has 0 aromatic heterocycles. The van der Waals surface area contributed by atoms with Crippen LogP contribution in [0.2, 0.25) is 0 Å². The van der Waals surface area contributed by atoms with E-state index in [1.54, 1.807) is 0 Å². The molecular weight excluding hydrogens is 424 g/mol. The second-order valence-electron chi connectivity index (χ2n) is 9.86. The van der Waals surface area contributed by atoms with Crippen LogP contribution in [-0.2, 0) is 11.2 Å². The molecule has 2 unspecified atom stereocenters. The summed E-state index contributed by atoms with van der Waals surface area (Å²) in [6.07, 6.45) is 25.8. The van der Waals surface area contributed by atoms with Crippen LogP contribution in [0.5, 0.6) is 0 Å². The SMILES string of the molecule is CCCCCCCCCCCCCC(OCCCCCCCCCc1ccccc1)C(O)S. The van der Waals surface area contributed by atoms with Gasteiger partial charge in [0.2, 0.25) is 0 Å². The summed E-state index contributed by atoms with van der Waals surface area (Å²) in [6.45, 7) is 3.04. The Morgan fingerprint density at radius 2 is 1.15 bits per heavy atom. The lowest BCUT2D eigenvalue weighted by molar-refractivity contribution is -0.00796. The highest BCUT2D eigenvalue weighted by Gasteiger charge is 2.15. The number of aryl methyl sites for hydroxylation is 1. The van der Waals surface area contributed by atoms with E-state index in [-0.39, 0.29) is 6.10 Å². The first-order valence-electron chi connectivity index (χ1n) is 14.3. The molecule has 0 aliphatic rings. The monoisotopic (exact) mass is 478 g/mol. The van der Waals surface area contributed by atoms with E-state index < -0.39 is 5.44 Å². The van der Waals surface area contributed by atoms with Crippen LogP contribution in [0.15, 0.2) is 30.3 Å². The zero-order chi connectivity index (χ0) is 23.8. The molecule has 0 radical (unpaired) electrons. The molecule has 1 aromatic carbocycles. The molecule has 0 aliphatic heterocycles. The van der Waals surface area contributed by atoms with E-state index in [1.165, 1.54) is 115 Å². The summed E-state index contributed by atoms with van der Waals surface area (Å²) in [6, 6.07) is 10.8. The fourth-order valence-electron chi connectivity index (χ4n) is 4.52. The zero-order valence-corrected chi connectivity index (χ0v) is 22.6. The van der Waals surface area contributed by atoms with Gasteiger partial charge in [0, 0.05) is 6.61 Å². The standard InChI is InChI=1S/C30H54O2S/c1-2-3-4-5-6-7-8-9-12-15-21-26-29(30(31)33)32-27-22-16-13-10-11-14-18-23-28-24-19-17-20-25-28/h17,19-20,24-25,29-31,33H,2-16,18,21-23,26-27H2,1H3. The predicted octanol–water partition coefficient (Wildman–Crippen LogP) is 9.29. The van der Waals surface area contributed by atoms with Crippen molar-refractivity contribution in [2.24, 2.45) is 0 Å². The van der Waals surface area contributed by atoms with Crippen LogP contribution < -0.4 is 0 Å². The smallest absolute Gasteiger partial charge is 0.123 e. The van der Waals surface area contributed by atoms with Crippen molar-refractivity contribution in [1.29, 1.82) is 0 Å². The quantitative estimate of drug-likeness (QED) is 0.0880. The molecule has 3 heteroatoms. The molecule has 0 saturated carbocycles. The maximum atomic E-state index is 9.92. The van der Waals surface area contributed by atoms with Crippen molar-refractivity contribution < 1.29 is 9.84 Å². The Morgan fingerprint density at radius 1 is 0.667 bits per heavy atom. The molecule has 0 bridgehead atoms. The summed E-state index contributed by atoms with van der Waals surface area (Å²) >= 11 is 4.25. The van der Waals surface area contributed by atoms with E-state index >= 15 is 0 Å². The summed E-state index contributed by atoms with van der Waals surface area (Å²) in [7, 11) is 0. The molecule has 0 spiro atoms. The van der Waals surface area contributed by atoms with Crippen molar-refractivity contribution in [2.45, 2.75) is 147 Å². The van der Waals surface area contributed by atoms with Crippen LogP contribution in [0.4, 0.5) is 0 Å². The number of benzene rings is 1. The number of unbranched alkanes of at least 4 members (excludes halogenated alkanes) is 16. The molecule has 0 heterocycles. The summed E-state index contributed by atoms with van der Waals surface area (Å²) in [5.41, 5.74) is 0.807. The van der Waals surface area contributed by atoms with Crippen molar-refractivity contribution in [3.05, 3.63) is 35.9 Å². The van der Waals surface area contributed by atoms with Gasteiger partial charge in [0.05, 0.1) is 6.10 Å². The first-order chi connectivity index (χ1) is 16.2. The number of rotatable bonds is 24. The van der Waals surface area contributed by atoms with Crippen molar-refractivity contribution >= 4 is 12.6 Å². The molecule has 2 atom stereocenters. The summed E-state index contributed by atoms with van der Waals surface area (Å²) in [4.78, 5) is 0. The highest BCUT2D eigenvalue weighted by Crippen LogP contribution is 2.17. The minimum absolute atomic E-state index is 0.107. The third kappa shape index (κ3) is 19.5. The third-order valence-corrected chi connectivity index (χ3v) is 7.04. The van der Waals surface area contributed by atoms with Crippen molar-refractivity contribution in [2.75, 3.05) is 6.61 Å². The first kappa shape index (κ1) is 30.5. The molecule has 2 nitrogen and oxygen atoms in total. The van der Waals surface area contributed by atoms with Gasteiger partial charge < -0.3 is 9.84 Å². The van der Waals surface area contributed by atoms with Crippen LogP contribution in [-0.4, -0.2) is 23.3 Å².